The first-order valence-electron chi connectivity index (χ1n) is 9.81. The van der Waals surface area contributed by atoms with Gasteiger partial charge in [0.15, 0.2) is 0 Å². The number of nitrogens with zero attached hydrogens (tertiary/aromatic N) is 2. The average Bonchev–Trinajstić information content (AvgIpc) is 2.79. The molecule has 1 aliphatic rings. The molecule has 0 saturated carbocycles. The molecule has 6 heteroatoms. The van der Waals surface area contributed by atoms with E-state index >= 15 is 0 Å². The second-order valence-electron chi connectivity index (χ2n) is 6.97. The summed E-state index contributed by atoms with van der Waals surface area (Å²) in [6, 6.07) is 22.4. The summed E-state index contributed by atoms with van der Waals surface area (Å²) in [5, 5.41) is 0. The van der Waals surface area contributed by atoms with Gasteiger partial charge < -0.3 is 14.4 Å². The van der Waals surface area contributed by atoms with Gasteiger partial charge in [0.2, 0.25) is 0 Å². The van der Waals surface area contributed by atoms with Crippen LogP contribution in [0, 0.1) is 0 Å². The van der Waals surface area contributed by atoms with Crippen molar-refractivity contribution in [2.45, 2.75) is 6.61 Å². The summed E-state index contributed by atoms with van der Waals surface area (Å²) < 4.78 is 13.5. The molecule has 0 aliphatic carbocycles. The minimum atomic E-state index is 0.504. The van der Waals surface area contributed by atoms with Crippen LogP contribution in [0.4, 0.5) is 11.4 Å². The first-order valence-corrected chi connectivity index (χ1v) is 11.4. The van der Waals surface area contributed by atoms with E-state index in [0.717, 1.165) is 57.8 Å². The van der Waals surface area contributed by atoms with Crippen LogP contribution in [-0.2, 0) is 11.3 Å². The Morgan fingerprint density at radius 3 is 2.33 bits per heavy atom. The lowest BCUT2D eigenvalue weighted by atomic mass is 10.2. The van der Waals surface area contributed by atoms with Gasteiger partial charge in [-0.15, -0.1) is 0 Å². The highest BCUT2D eigenvalue weighted by Crippen LogP contribution is 2.25. The number of anilines is 1. The number of benzene rings is 3. The Morgan fingerprint density at radius 2 is 1.60 bits per heavy atom. The molecule has 1 fully saturated rings. The predicted molar refractivity (Wildman–Crippen MR) is 129 cm³/mol. The summed E-state index contributed by atoms with van der Waals surface area (Å²) in [7, 11) is 0. The molecule has 0 radical (unpaired) electrons. The number of rotatable bonds is 6. The zero-order chi connectivity index (χ0) is 20.8. The van der Waals surface area contributed by atoms with Crippen molar-refractivity contribution in [1.82, 2.24) is 0 Å². The quantitative estimate of drug-likeness (QED) is 0.347. The van der Waals surface area contributed by atoms with Crippen LogP contribution in [0.2, 0.25) is 0 Å². The maximum Gasteiger partial charge on any atom is 0.128 e. The molecule has 0 spiro atoms. The van der Waals surface area contributed by atoms with E-state index in [-0.39, 0.29) is 0 Å². The van der Waals surface area contributed by atoms with Crippen LogP contribution in [-0.4, -0.2) is 32.5 Å². The Bertz CT molecular complexity index is 999. The maximum atomic E-state index is 6.06. The van der Waals surface area contributed by atoms with Gasteiger partial charge in [0.05, 0.1) is 18.9 Å². The minimum absolute atomic E-state index is 0.504. The van der Waals surface area contributed by atoms with E-state index in [4.69, 9.17) is 9.47 Å². The summed E-state index contributed by atoms with van der Waals surface area (Å²) in [5.74, 6) is 0.801. The fourth-order valence-electron chi connectivity index (χ4n) is 3.21. The molecule has 1 saturated heterocycles. The van der Waals surface area contributed by atoms with Gasteiger partial charge in [-0.2, -0.15) is 0 Å². The van der Waals surface area contributed by atoms with Crippen LogP contribution < -0.4 is 9.64 Å². The van der Waals surface area contributed by atoms with Crippen molar-refractivity contribution >= 4 is 49.4 Å². The minimum Gasteiger partial charge on any atom is -0.488 e. The van der Waals surface area contributed by atoms with Crippen molar-refractivity contribution in [3.8, 4) is 5.75 Å². The second-order valence-corrected chi connectivity index (χ2v) is 8.80. The molecule has 0 aromatic heterocycles. The van der Waals surface area contributed by atoms with Crippen LogP contribution in [0.1, 0.15) is 11.1 Å². The van der Waals surface area contributed by atoms with Gasteiger partial charge in [-0.05, 0) is 60.2 Å². The third-order valence-corrected chi connectivity index (χ3v) is 5.88. The van der Waals surface area contributed by atoms with Gasteiger partial charge in [-0.1, -0.05) is 44.0 Å². The molecular weight excluding hydrogens is 508 g/mol. The molecule has 1 heterocycles. The first kappa shape index (κ1) is 21.1. The molecular formula is C24H22Br2N2O2. The van der Waals surface area contributed by atoms with Crippen molar-refractivity contribution < 1.29 is 9.47 Å². The van der Waals surface area contributed by atoms with Crippen molar-refractivity contribution in [1.29, 1.82) is 0 Å². The van der Waals surface area contributed by atoms with Crippen LogP contribution in [0.3, 0.4) is 0 Å². The molecule has 3 aromatic carbocycles. The van der Waals surface area contributed by atoms with Crippen molar-refractivity contribution in [2.24, 2.45) is 4.99 Å². The normalized spacial score (nSPS) is 14.3. The molecule has 4 nitrogen and oxygen atoms in total. The molecule has 0 N–H and O–H groups in total. The lowest BCUT2D eigenvalue weighted by Crippen LogP contribution is -2.36. The van der Waals surface area contributed by atoms with Crippen LogP contribution in [0.25, 0.3) is 0 Å². The molecule has 3 aromatic rings. The summed E-state index contributed by atoms with van der Waals surface area (Å²) in [6.07, 6.45) is 1.85. The summed E-state index contributed by atoms with van der Waals surface area (Å²) in [5.41, 5.74) is 4.16. The second kappa shape index (κ2) is 10.2. The Labute approximate surface area is 193 Å². The topological polar surface area (TPSA) is 34.1 Å². The average molecular weight is 530 g/mol. The molecule has 30 heavy (non-hydrogen) atoms. The standard InChI is InChI=1S/C24H22Br2N2O2/c25-20-3-1-18(2-4-20)17-30-24-10-5-21(26)15-19(24)16-27-22-6-8-23(9-7-22)28-11-13-29-14-12-28/h1-10,15-16H,11-14,17H2. The van der Waals surface area contributed by atoms with E-state index in [1.54, 1.807) is 0 Å². The smallest absolute Gasteiger partial charge is 0.128 e. The van der Waals surface area contributed by atoms with Crippen molar-refractivity contribution in [3.05, 3.63) is 86.8 Å². The van der Waals surface area contributed by atoms with Crippen molar-refractivity contribution in [2.75, 3.05) is 31.2 Å². The van der Waals surface area contributed by atoms with E-state index in [1.165, 1.54) is 5.69 Å². The van der Waals surface area contributed by atoms with E-state index in [1.807, 2.05) is 60.8 Å². The SMILES string of the molecule is Brc1ccc(COc2ccc(Br)cc2C=Nc2ccc(N3CCOCC3)cc2)cc1. The Balaban J connectivity index is 1.45. The van der Waals surface area contributed by atoms with E-state index < -0.39 is 0 Å². The van der Waals surface area contributed by atoms with Gasteiger partial charge >= 0.3 is 0 Å². The van der Waals surface area contributed by atoms with E-state index in [0.29, 0.717) is 6.61 Å². The summed E-state index contributed by atoms with van der Waals surface area (Å²) >= 11 is 7.00. The monoisotopic (exact) mass is 528 g/mol. The van der Waals surface area contributed by atoms with E-state index in [2.05, 4.69) is 53.9 Å². The summed E-state index contributed by atoms with van der Waals surface area (Å²) in [6.45, 7) is 3.93. The third kappa shape index (κ3) is 5.72. The highest BCUT2D eigenvalue weighted by atomic mass is 79.9. The van der Waals surface area contributed by atoms with Crippen LogP contribution >= 0.6 is 31.9 Å². The largest absolute Gasteiger partial charge is 0.488 e. The molecule has 4 rings (SSSR count). The van der Waals surface area contributed by atoms with Gasteiger partial charge in [0.25, 0.3) is 0 Å². The fourth-order valence-corrected chi connectivity index (χ4v) is 3.85. The van der Waals surface area contributed by atoms with Gasteiger partial charge in [0.1, 0.15) is 12.4 Å². The number of morpholine rings is 1. The fraction of sp³-hybridized carbons (Fsp3) is 0.208. The molecule has 0 amide bonds. The first-order chi connectivity index (χ1) is 14.7. The summed E-state index contributed by atoms with van der Waals surface area (Å²) in [4.78, 5) is 6.99. The highest BCUT2D eigenvalue weighted by molar-refractivity contribution is 9.10. The zero-order valence-electron chi connectivity index (χ0n) is 16.4. The van der Waals surface area contributed by atoms with Gasteiger partial charge in [-0.3, -0.25) is 4.99 Å². The molecule has 0 atom stereocenters. The number of hydrogen-bond acceptors (Lipinski definition) is 4. The highest BCUT2D eigenvalue weighted by Gasteiger charge is 2.10. The predicted octanol–water partition coefficient (Wildman–Crippen LogP) is 6.38. The van der Waals surface area contributed by atoms with Crippen molar-refractivity contribution in [3.63, 3.8) is 0 Å². The number of aliphatic imine (C=N–C) groups is 1. The third-order valence-electron chi connectivity index (χ3n) is 4.86. The molecule has 1 aliphatic heterocycles. The Hall–Kier alpha value is -2.15. The lowest BCUT2D eigenvalue weighted by molar-refractivity contribution is 0.122. The maximum absolute atomic E-state index is 6.06. The van der Waals surface area contributed by atoms with Crippen LogP contribution in [0.15, 0.2) is 80.7 Å². The number of ether oxygens (including phenoxy) is 2. The molecule has 0 bridgehead atoms. The molecule has 0 unspecified atom stereocenters. The number of hydrogen-bond donors (Lipinski definition) is 0. The lowest BCUT2D eigenvalue weighted by Gasteiger charge is -2.28. The molecule has 154 valence electrons. The Kier molecular flexibility index (Phi) is 7.20. The van der Waals surface area contributed by atoms with E-state index in [9.17, 15) is 0 Å². The van der Waals surface area contributed by atoms with Crippen LogP contribution in [0.5, 0.6) is 5.75 Å². The van der Waals surface area contributed by atoms with Gasteiger partial charge in [0, 0.05) is 39.5 Å². The van der Waals surface area contributed by atoms with Gasteiger partial charge in [-0.25, -0.2) is 0 Å². The zero-order valence-corrected chi connectivity index (χ0v) is 19.6. The number of halogens is 2. The Morgan fingerprint density at radius 1 is 0.900 bits per heavy atom.